The average molecular weight is 360 g/mol. The first kappa shape index (κ1) is 19.4. The van der Waals surface area contributed by atoms with Crippen LogP contribution in [-0.4, -0.2) is 36.7 Å². The highest BCUT2D eigenvalue weighted by atomic mass is 16.5. The SMILES string of the molecule is CCCOc1ccc(CCC(=O)N/N=C/C2C(=O)NC(=O)NC2C)cc1. The van der Waals surface area contributed by atoms with Gasteiger partial charge in [0.2, 0.25) is 11.8 Å². The minimum absolute atomic E-state index is 0.250. The quantitative estimate of drug-likeness (QED) is 0.480. The summed E-state index contributed by atoms with van der Waals surface area (Å²) in [6.45, 7) is 4.43. The predicted octanol–water partition coefficient (Wildman–Crippen LogP) is 1.35. The molecule has 4 amide bonds. The van der Waals surface area contributed by atoms with Gasteiger partial charge < -0.3 is 10.1 Å². The normalized spacial score (nSPS) is 19.8. The van der Waals surface area contributed by atoms with Crippen molar-refractivity contribution in [3.8, 4) is 5.75 Å². The fourth-order valence-electron chi connectivity index (χ4n) is 2.43. The number of urea groups is 1. The van der Waals surface area contributed by atoms with E-state index in [0.29, 0.717) is 13.0 Å². The van der Waals surface area contributed by atoms with E-state index in [4.69, 9.17) is 4.74 Å². The van der Waals surface area contributed by atoms with Crippen LogP contribution in [0.3, 0.4) is 0 Å². The summed E-state index contributed by atoms with van der Waals surface area (Å²) in [6.07, 6.45) is 3.13. The molecule has 1 heterocycles. The van der Waals surface area contributed by atoms with Crippen LogP contribution in [0.5, 0.6) is 5.75 Å². The minimum atomic E-state index is -0.622. The van der Waals surface area contributed by atoms with Gasteiger partial charge in [0.15, 0.2) is 0 Å². The number of hydrogen-bond acceptors (Lipinski definition) is 5. The van der Waals surface area contributed by atoms with Gasteiger partial charge in [0.25, 0.3) is 0 Å². The van der Waals surface area contributed by atoms with Crippen LogP contribution in [0.15, 0.2) is 29.4 Å². The van der Waals surface area contributed by atoms with Crippen molar-refractivity contribution in [2.24, 2.45) is 11.0 Å². The van der Waals surface area contributed by atoms with E-state index in [0.717, 1.165) is 17.7 Å². The molecule has 2 unspecified atom stereocenters. The summed E-state index contributed by atoms with van der Waals surface area (Å²) in [5, 5.41) is 8.56. The number of nitrogens with zero attached hydrogens (tertiary/aromatic N) is 1. The molecule has 0 aromatic heterocycles. The Morgan fingerprint density at radius 3 is 2.69 bits per heavy atom. The topological polar surface area (TPSA) is 109 Å². The van der Waals surface area contributed by atoms with Crippen LogP contribution < -0.4 is 20.8 Å². The molecule has 26 heavy (non-hydrogen) atoms. The number of imide groups is 1. The second-order valence-electron chi connectivity index (χ2n) is 6.08. The number of hydrogen-bond donors (Lipinski definition) is 3. The van der Waals surface area contributed by atoms with Gasteiger partial charge in [-0.05, 0) is 37.5 Å². The molecule has 1 aromatic rings. The summed E-state index contributed by atoms with van der Waals surface area (Å²) in [5.74, 6) is -0.495. The van der Waals surface area contributed by atoms with Gasteiger partial charge in [-0.2, -0.15) is 5.10 Å². The molecule has 140 valence electrons. The molecule has 1 saturated heterocycles. The average Bonchev–Trinajstić information content (AvgIpc) is 2.61. The van der Waals surface area contributed by atoms with Crippen molar-refractivity contribution < 1.29 is 19.1 Å². The zero-order chi connectivity index (χ0) is 18.9. The summed E-state index contributed by atoms with van der Waals surface area (Å²) in [4.78, 5) is 34.7. The number of rotatable bonds is 8. The smallest absolute Gasteiger partial charge is 0.321 e. The van der Waals surface area contributed by atoms with Gasteiger partial charge in [-0.15, -0.1) is 0 Å². The number of ether oxygens (including phenoxy) is 1. The zero-order valence-corrected chi connectivity index (χ0v) is 15.0. The van der Waals surface area contributed by atoms with Crippen LogP contribution >= 0.6 is 0 Å². The minimum Gasteiger partial charge on any atom is -0.494 e. The van der Waals surface area contributed by atoms with E-state index in [1.165, 1.54) is 6.21 Å². The van der Waals surface area contributed by atoms with Crippen molar-refractivity contribution in [2.75, 3.05) is 6.61 Å². The third-order valence-corrected chi connectivity index (χ3v) is 3.90. The second kappa shape index (κ2) is 9.55. The monoisotopic (exact) mass is 360 g/mol. The number of carbonyl (C=O) groups is 3. The number of hydrazone groups is 1. The summed E-state index contributed by atoms with van der Waals surface area (Å²) >= 11 is 0. The molecule has 1 aliphatic heterocycles. The van der Waals surface area contributed by atoms with Crippen LogP contribution in [0.1, 0.15) is 32.3 Å². The Balaban J connectivity index is 1.75. The molecule has 0 radical (unpaired) electrons. The molecule has 2 rings (SSSR count). The van der Waals surface area contributed by atoms with Crippen molar-refractivity contribution in [3.05, 3.63) is 29.8 Å². The van der Waals surface area contributed by atoms with E-state index >= 15 is 0 Å². The van der Waals surface area contributed by atoms with E-state index < -0.39 is 17.9 Å². The molecule has 0 saturated carbocycles. The summed E-state index contributed by atoms with van der Waals surface area (Å²) < 4.78 is 5.51. The summed E-state index contributed by atoms with van der Waals surface area (Å²) in [7, 11) is 0. The van der Waals surface area contributed by atoms with Crippen molar-refractivity contribution in [2.45, 2.75) is 39.2 Å². The predicted molar refractivity (Wildman–Crippen MR) is 96.8 cm³/mol. The largest absolute Gasteiger partial charge is 0.494 e. The van der Waals surface area contributed by atoms with Gasteiger partial charge >= 0.3 is 6.03 Å². The Morgan fingerprint density at radius 2 is 2.04 bits per heavy atom. The van der Waals surface area contributed by atoms with E-state index in [9.17, 15) is 14.4 Å². The number of benzene rings is 1. The fourth-order valence-corrected chi connectivity index (χ4v) is 2.43. The highest BCUT2D eigenvalue weighted by Gasteiger charge is 2.31. The van der Waals surface area contributed by atoms with Crippen LogP contribution in [0.2, 0.25) is 0 Å². The van der Waals surface area contributed by atoms with Gasteiger partial charge in [0.05, 0.1) is 12.5 Å². The first-order valence-corrected chi connectivity index (χ1v) is 8.64. The number of nitrogens with one attached hydrogen (secondary N) is 3. The maximum absolute atomic E-state index is 11.9. The summed E-state index contributed by atoms with van der Waals surface area (Å²) in [5.41, 5.74) is 3.43. The number of aryl methyl sites for hydroxylation is 1. The maximum atomic E-state index is 11.9. The van der Waals surface area contributed by atoms with Gasteiger partial charge in [0.1, 0.15) is 5.75 Å². The molecule has 0 aliphatic carbocycles. The van der Waals surface area contributed by atoms with E-state index in [-0.39, 0.29) is 18.4 Å². The number of carbonyl (C=O) groups excluding carboxylic acids is 3. The Labute approximate surface area is 152 Å². The lowest BCUT2D eigenvalue weighted by atomic mass is 10.0. The maximum Gasteiger partial charge on any atom is 0.321 e. The lowest BCUT2D eigenvalue weighted by molar-refractivity contribution is -0.123. The lowest BCUT2D eigenvalue weighted by Gasteiger charge is -2.25. The third kappa shape index (κ3) is 5.87. The van der Waals surface area contributed by atoms with Gasteiger partial charge in [0, 0.05) is 18.7 Å². The molecule has 0 spiro atoms. The third-order valence-electron chi connectivity index (χ3n) is 3.90. The first-order valence-electron chi connectivity index (χ1n) is 8.64. The van der Waals surface area contributed by atoms with Gasteiger partial charge in [-0.3, -0.25) is 14.9 Å². The Kier molecular flexibility index (Phi) is 7.13. The Bertz CT molecular complexity index is 672. The molecule has 8 nitrogen and oxygen atoms in total. The highest BCUT2D eigenvalue weighted by molar-refractivity contribution is 6.05. The van der Waals surface area contributed by atoms with Crippen LogP contribution in [0.4, 0.5) is 4.79 Å². The molecule has 1 aliphatic rings. The van der Waals surface area contributed by atoms with Crippen LogP contribution in [0, 0.1) is 5.92 Å². The molecular weight excluding hydrogens is 336 g/mol. The second-order valence-corrected chi connectivity index (χ2v) is 6.08. The Hall–Kier alpha value is -2.90. The fraction of sp³-hybridized carbons (Fsp3) is 0.444. The van der Waals surface area contributed by atoms with Gasteiger partial charge in [-0.1, -0.05) is 19.1 Å². The van der Waals surface area contributed by atoms with Crippen LogP contribution in [-0.2, 0) is 16.0 Å². The first-order chi connectivity index (χ1) is 12.5. The van der Waals surface area contributed by atoms with Crippen molar-refractivity contribution in [1.82, 2.24) is 16.1 Å². The highest BCUT2D eigenvalue weighted by Crippen LogP contribution is 2.13. The molecule has 0 bridgehead atoms. The van der Waals surface area contributed by atoms with E-state index in [1.807, 2.05) is 31.2 Å². The molecular formula is C18H24N4O4. The summed E-state index contributed by atoms with van der Waals surface area (Å²) in [6, 6.07) is 6.72. The number of amides is 4. The molecule has 1 aromatic carbocycles. The lowest BCUT2D eigenvalue weighted by Crippen LogP contribution is -2.57. The molecule has 2 atom stereocenters. The molecule has 8 heteroatoms. The van der Waals surface area contributed by atoms with E-state index in [2.05, 4.69) is 21.2 Å². The van der Waals surface area contributed by atoms with E-state index in [1.54, 1.807) is 6.92 Å². The van der Waals surface area contributed by atoms with Crippen molar-refractivity contribution in [3.63, 3.8) is 0 Å². The Morgan fingerprint density at radius 1 is 1.31 bits per heavy atom. The van der Waals surface area contributed by atoms with Crippen LogP contribution in [0.25, 0.3) is 0 Å². The van der Waals surface area contributed by atoms with Gasteiger partial charge in [-0.25, -0.2) is 10.2 Å². The molecule has 1 fully saturated rings. The standard InChI is InChI=1S/C18H24N4O4/c1-3-10-26-14-7-4-13(5-8-14)6-9-16(23)22-19-11-15-12(2)20-18(25)21-17(15)24/h4-5,7-8,11-12,15H,3,6,9-10H2,1-2H3,(H,22,23)(H2,20,21,24,25)/b19-11+. The van der Waals surface area contributed by atoms with Crippen molar-refractivity contribution in [1.29, 1.82) is 0 Å². The zero-order valence-electron chi connectivity index (χ0n) is 15.0. The molecule has 3 N–H and O–H groups in total. The van der Waals surface area contributed by atoms with Crippen molar-refractivity contribution >= 4 is 24.1 Å².